The second kappa shape index (κ2) is 7.94. The third-order valence-electron chi connectivity index (χ3n) is 4.06. The summed E-state index contributed by atoms with van der Waals surface area (Å²) < 4.78 is 0. The Labute approximate surface area is 131 Å². The van der Waals surface area contributed by atoms with Gasteiger partial charge in [-0.15, -0.1) is 0 Å². The minimum absolute atomic E-state index is 0.0134. The van der Waals surface area contributed by atoms with E-state index in [-0.39, 0.29) is 17.7 Å². The van der Waals surface area contributed by atoms with E-state index in [1.807, 2.05) is 31.2 Å². The van der Waals surface area contributed by atoms with Crippen LogP contribution in [0.25, 0.3) is 0 Å². The quantitative estimate of drug-likeness (QED) is 0.805. The summed E-state index contributed by atoms with van der Waals surface area (Å²) >= 11 is 0. The van der Waals surface area contributed by atoms with Gasteiger partial charge in [-0.2, -0.15) is 0 Å². The fraction of sp³-hybridized carbons (Fsp3) is 0.529. The van der Waals surface area contributed by atoms with Gasteiger partial charge >= 0.3 is 0 Å². The van der Waals surface area contributed by atoms with E-state index in [4.69, 9.17) is 5.73 Å². The van der Waals surface area contributed by atoms with Crippen LogP contribution in [0.4, 0.5) is 0 Å². The van der Waals surface area contributed by atoms with Crippen LogP contribution < -0.4 is 11.1 Å². The molecule has 0 saturated carbocycles. The minimum atomic E-state index is -0.110. The molecule has 1 unspecified atom stereocenters. The molecule has 0 aromatic heterocycles. The molecule has 1 saturated heterocycles. The summed E-state index contributed by atoms with van der Waals surface area (Å²) in [5.41, 5.74) is 7.25. The van der Waals surface area contributed by atoms with Crippen LogP contribution in [0.5, 0.6) is 0 Å². The second-order valence-corrected chi connectivity index (χ2v) is 5.89. The maximum absolute atomic E-state index is 12.5. The van der Waals surface area contributed by atoms with E-state index in [0.717, 1.165) is 31.4 Å². The lowest BCUT2D eigenvalue weighted by Crippen LogP contribution is -2.45. The monoisotopic (exact) mass is 303 g/mol. The van der Waals surface area contributed by atoms with E-state index in [2.05, 4.69) is 5.32 Å². The smallest absolute Gasteiger partial charge is 0.253 e. The Morgan fingerprint density at radius 2 is 2.05 bits per heavy atom. The molecule has 1 atom stereocenters. The van der Waals surface area contributed by atoms with E-state index in [1.54, 1.807) is 4.90 Å². The Hall–Kier alpha value is -1.88. The summed E-state index contributed by atoms with van der Waals surface area (Å²) in [5, 5.41) is 2.90. The number of amides is 2. The normalized spacial score (nSPS) is 18.1. The van der Waals surface area contributed by atoms with Crippen molar-refractivity contribution in [1.29, 1.82) is 0 Å². The summed E-state index contributed by atoms with van der Waals surface area (Å²) in [5.74, 6) is -0.0600. The van der Waals surface area contributed by atoms with Crippen LogP contribution in [0.3, 0.4) is 0 Å². The molecule has 0 aliphatic carbocycles. The van der Waals surface area contributed by atoms with Crippen molar-refractivity contribution in [2.75, 3.05) is 26.2 Å². The van der Waals surface area contributed by atoms with E-state index >= 15 is 0 Å². The van der Waals surface area contributed by atoms with Crippen LogP contribution in [0, 0.1) is 12.8 Å². The highest BCUT2D eigenvalue weighted by molar-refractivity contribution is 5.94. The summed E-state index contributed by atoms with van der Waals surface area (Å²) in [6.07, 6.45) is 2.49. The van der Waals surface area contributed by atoms with E-state index in [1.165, 1.54) is 0 Å². The maximum Gasteiger partial charge on any atom is 0.253 e. The Balaban J connectivity index is 1.93. The number of carbonyl (C=O) groups excluding carboxylic acids is 2. The largest absolute Gasteiger partial charge is 0.356 e. The fourth-order valence-corrected chi connectivity index (χ4v) is 2.71. The zero-order valence-electron chi connectivity index (χ0n) is 13.2. The highest BCUT2D eigenvalue weighted by Crippen LogP contribution is 2.19. The number of carbonyl (C=O) groups is 2. The van der Waals surface area contributed by atoms with Gasteiger partial charge in [-0.1, -0.05) is 17.7 Å². The summed E-state index contributed by atoms with van der Waals surface area (Å²) in [6.45, 7) is 4.40. The molecule has 1 aromatic carbocycles. The number of hydrogen-bond donors (Lipinski definition) is 2. The van der Waals surface area contributed by atoms with Crippen molar-refractivity contribution in [3.63, 3.8) is 0 Å². The first kappa shape index (κ1) is 16.5. The molecule has 1 aliphatic rings. The molecule has 1 aromatic rings. The zero-order valence-corrected chi connectivity index (χ0v) is 13.2. The standard InChI is InChI=1S/C17H25N3O2/c1-13-5-7-14(8-6-13)17(22)20-11-2-4-15(12-20)16(21)19-10-3-9-18/h5-8,15H,2-4,9-12,18H2,1H3,(H,19,21). The van der Waals surface area contributed by atoms with Crippen LogP contribution in [0.2, 0.25) is 0 Å². The van der Waals surface area contributed by atoms with Gasteiger partial charge in [0.05, 0.1) is 5.92 Å². The molecular weight excluding hydrogens is 278 g/mol. The van der Waals surface area contributed by atoms with Crippen molar-refractivity contribution in [3.05, 3.63) is 35.4 Å². The Morgan fingerprint density at radius 1 is 1.32 bits per heavy atom. The molecule has 1 aliphatic heterocycles. The molecule has 2 rings (SSSR count). The molecule has 1 fully saturated rings. The molecule has 0 bridgehead atoms. The van der Waals surface area contributed by atoms with Crippen LogP contribution >= 0.6 is 0 Å². The van der Waals surface area contributed by atoms with Gasteiger partial charge in [0.15, 0.2) is 0 Å². The Bertz CT molecular complexity index is 513. The van der Waals surface area contributed by atoms with Crippen molar-refractivity contribution < 1.29 is 9.59 Å². The van der Waals surface area contributed by atoms with Crippen molar-refractivity contribution in [2.24, 2.45) is 11.7 Å². The topological polar surface area (TPSA) is 75.4 Å². The predicted octanol–water partition coefficient (Wildman–Crippen LogP) is 1.31. The average Bonchev–Trinajstić information content (AvgIpc) is 2.55. The molecule has 22 heavy (non-hydrogen) atoms. The third-order valence-corrected chi connectivity index (χ3v) is 4.06. The zero-order chi connectivity index (χ0) is 15.9. The Morgan fingerprint density at radius 3 is 2.73 bits per heavy atom. The lowest BCUT2D eigenvalue weighted by molar-refractivity contribution is -0.126. The minimum Gasteiger partial charge on any atom is -0.356 e. The van der Waals surface area contributed by atoms with Crippen LogP contribution in [0.1, 0.15) is 35.2 Å². The van der Waals surface area contributed by atoms with E-state index in [0.29, 0.717) is 25.2 Å². The number of aryl methyl sites for hydroxylation is 1. The molecule has 2 amide bonds. The van der Waals surface area contributed by atoms with Gasteiger partial charge in [-0.25, -0.2) is 0 Å². The number of hydrogen-bond acceptors (Lipinski definition) is 3. The molecule has 5 nitrogen and oxygen atoms in total. The lowest BCUT2D eigenvalue weighted by atomic mass is 9.96. The molecule has 0 spiro atoms. The number of nitrogens with one attached hydrogen (secondary N) is 1. The van der Waals surface area contributed by atoms with Crippen molar-refractivity contribution in [1.82, 2.24) is 10.2 Å². The van der Waals surface area contributed by atoms with Crippen molar-refractivity contribution in [2.45, 2.75) is 26.2 Å². The fourth-order valence-electron chi connectivity index (χ4n) is 2.71. The summed E-state index contributed by atoms with van der Waals surface area (Å²) in [7, 11) is 0. The van der Waals surface area contributed by atoms with Gasteiger partial charge in [0.25, 0.3) is 5.91 Å². The van der Waals surface area contributed by atoms with Crippen molar-refractivity contribution in [3.8, 4) is 0 Å². The highest BCUT2D eigenvalue weighted by Gasteiger charge is 2.28. The predicted molar refractivity (Wildman–Crippen MR) is 86.5 cm³/mol. The molecular formula is C17H25N3O2. The number of piperidine rings is 1. The summed E-state index contributed by atoms with van der Waals surface area (Å²) in [4.78, 5) is 26.4. The number of benzene rings is 1. The van der Waals surface area contributed by atoms with Gasteiger partial charge in [0.2, 0.25) is 5.91 Å². The molecule has 3 N–H and O–H groups in total. The number of nitrogens with two attached hydrogens (primary N) is 1. The van der Waals surface area contributed by atoms with Gasteiger partial charge < -0.3 is 16.0 Å². The van der Waals surface area contributed by atoms with Gasteiger partial charge in [0.1, 0.15) is 0 Å². The first-order valence-corrected chi connectivity index (χ1v) is 7.95. The molecule has 5 heteroatoms. The molecule has 120 valence electrons. The third kappa shape index (κ3) is 4.31. The van der Waals surface area contributed by atoms with Crippen LogP contribution in [-0.4, -0.2) is 42.9 Å². The number of rotatable bonds is 5. The molecule has 0 radical (unpaired) electrons. The van der Waals surface area contributed by atoms with Gasteiger partial charge in [0, 0.05) is 25.2 Å². The van der Waals surface area contributed by atoms with Crippen LogP contribution in [0.15, 0.2) is 24.3 Å². The van der Waals surface area contributed by atoms with E-state index in [9.17, 15) is 9.59 Å². The first-order valence-electron chi connectivity index (χ1n) is 7.95. The Kier molecular flexibility index (Phi) is 5.95. The van der Waals surface area contributed by atoms with Gasteiger partial charge in [-0.3, -0.25) is 9.59 Å². The highest BCUT2D eigenvalue weighted by atomic mass is 16.2. The number of nitrogens with zero attached hydrogens (tertiary/aromatic N) is 1. The van der Waals surface area contributed by atoms with E-state index < -0.39 is 0 Å². The molecule has 1 heterocycles. The number of likely N-dealkylation sites (tertiary alicyclic amines) is 1. The average molecular weight is 303 g/mol. The summed E-state index contributed by atoms with van der Waals surface area (Å²) in [6, 6.07) is 7.58. The maximum atomic E-state index is 12.5. The van der Waals surface area contributed by atoms with Crippen molar-refractivity contribution >= 4 is 11.8 Å². The van der Waals surface area contributed by atoms with Gasteiger partial charge in [-0.05, 0) is 44.9 Å². The lowest BCUT2D eigenvalue weighted by Gasteiger charge is -2.32. The SMILES string of the molecule is Cc1ccc(C(=O)N2CCCC(C(=O)NCCCN)C2)cc1. The second-order valence-electron chi connectivity index (χ2n) is 5.89. The first-order chi connectivity index (χ1) is 10.6. The van der Waals surface area contributed by atoms with Crippen LogP contribution in [-0.2, 0) is 4.79 Å².